The van der Waals surface area contributed by atoms with Gasteiger partial charge < -0.3 is 5.40 Å². The summed E-state index contributed by atoms with van der Waals surface area (Å²) in [5.74, 6) is 0. The summed E-state index contributed by atoms with van der Waals surface area (Å²) < 4.78 is 0. The molecule has 1 nitrogen and oxygen atoms in total. The van der Waals surface area contributed by atoms with Crippen molar-refractivity contribution in [1.82, 2.24) is 0 Å². The molecule has 1 unspecified atom stereocenters. The Bertz CT molecular complexity index is 85.7. The molecular weight excluding hydrogens is 138 g/mol. The zero-order valence-electron chi connectivity index (χ0n) is 7.78. The van der Waals surface area contributed by atoms with E-state index in [2.05, 4.69) is 26.9 Å². The van der Waals surface area contributed by atoms with Gasteiger partial charge in [0.1, 0.15) is 8.24 Å². The minimum Gasteiger partial charge on any atom is -0.351 e. The molecule has 10 heavy (non-hydrogen) atoms. The van der Waals surface area contributed by atoms with E-state index in [1.54, 1.807) is 0 Å². The molecule has 0 fully saturated rings. The van der Waals surface area contributed by atoms with Gasteiger partial charge in [-0.15, -0.1) is 0 Å². The SMILES string of the molecule is CCCC(CC)[Si](C)(C)N. The molecule has 0 heterocycles. The maximum absolute atomic E-state index is 6.12. The fourth-order valence-electron chi connectivity index (χ4n) is 1.45. The highest BCUT2D eigenvalue weighted by molar-refractivity contribution is 6.75. The van der Waals surface area contributed by atoms with Gasteiger partial charge in [-0.3, -0.25) is 0 Å². The van der Waals surface area contributed by atoms with Crippen molar-refractivity contribution in [2.24, 2.45) is 5.40 Å². The summed E-state index contributed by atoms with van der Waals surface area (Å²) in [6.45, 7) is 9.01. The van der Waals surface area contributed by atoms with E-state index in [4.69, 9.17) is 5.40 Å². The second-order valence-electron chi connectivity index (χ2n) is 3.72. The van der Waals surface area contributed by atoms with Crippen LogP contribution in [0.15, 0.2) is 0 Å². The Hall–Kier alpha value is 0.177. The first-order valence-electron chi connectivity index (χ1n) is 4.31. The molecular formula is C8H21NSi. The summed E-state index contributed by atoms with van der Waals surface area (Å²) in [5, 5.41) is 6.12. The van der Waals surface area contributed by atoms with Crippen molar-refractivity contribution < 1.29 is 0 Å². The van der Waals surface area contributed by atoms with Crippen LogP contribution in [-0.4, -0.2) is 8.24 Å². The molecule has 1 atom stereocenters. The highest BCUT2D eigenvalue weighted by Gasteiger charge is 2.24. The van der Waals surface area contributed by atoms with Crippen LogP contribution in [0, 0.1) is 0 Å². The molecule has 0 aromatic carbocycles. The average Bonchev–Trinajstić information content (AvgIpc) is 1.80. The predicted molar refractivity (Wildman–Crippen MR) is 50.6 cm³/mol. The lowest BCUT2D eigenvalue weighted by Gasteiger charge is -2.26. The maximum Gasteiger partial charge on any atom is 0.119 e. The minimum absolute atomic E-state index is 0.831. The van der Waals surface area contributed by atoms with Crippen LogP contribution in [-0.2, 0) is 0 Å². The van der Waals surface area contributed by atoms with Crippen LogP contribution in [0.4, 0.5) is 0 Å². The lowest BCUT2D eigenvalue weighted by Crippen LogP contribution is -2.43. The van der Waals surface area contributed by atoms with Gasteiger partial charge in [-0.1, -0.05) is 46.2 Å². The molecule has 0 bridgehead atoms. The van der Waals surface area contributed by atoms with Crippen molar-refractivity contribution in [2.45, 2.75) is 51.7 Å². The van der Waals surface area contributed by atoms with Gasteiger partial charge in [0.25, 0.3) is 0 Å². The lowest BCUT2D eigenvalue weighted by atomic mass is 10.2. The first-order chi connectivity index (χ1) is 4.52. The van der Waals surface area contributed by atoms with Gasteiger partial charge in [0.2, 0.25) is 0 Å². The van der Waals surface area contributed by atoms with Crippen molar-refractivity contribution >= 4 is 8.24 Å². The van der Waals surface area contributed by atoms with E-state index < -0.39 is 8.24 Å². The first-order valence-corrected chi connectivity index (χ1v) is 7.46. The summed E-state index contributed by atoms with van der Waals surface area (Å²) >= 11 is 0. The molecule has 0 aliphatic heterocycles. The third kappa shape index (κ3) is 3.37. The van der Waals surface area contributed by atoms with E-state index in [9.17, 15) is 0 Å². The highest BCUT2D eigenvalue weighted by atomic mass is 28.3. The molecule has 0 saturated carbocycles. The summed E-state index contributed by atoms with van der Waals surface area (Å²) in [7, 11) is -1.31. The van der Waals surface area contributed by atoms with Crippen molar-refractivity contribution in [3.05, 3.63) is 0 Å². The smallest absolute Gasteiger partial charge is 0.119 e. The summed E-state index contributed by atoms with van der Waals surface area (Å²) in [5.41, 5.74) is 0.831. The third-order valence-electron chi connectivity index (χ3n) is 2.18. The van der Waals surface area contributed by atoms with Crippen LogP contribution in [0.3, 0.4) is 0 Å². The highest BCUT2D eigenvalue weighted by Crippen LogP contribution is 2.25. The van der Waals surface area contributed by atoms with Gasteiger partial charge >= 0.3 is 0 Å². The lowest BCUT2D eigenvalue weighted by molar-refractivity contribution is 0.674. The van der Waals surface area contributed by atoms with Crippen molar-refractivity contribution in [3.63, 3.8) is 0 Å². The van der Waals surface area contributed by atoms with Crippen LogP contribution < -0.4 is 5.40 Å². The van der Waals surface area contributed by atoms with Gasteiger partial charge in [-0.05, 0) is 5.54 Å². The van der Waals surface area contributed by atoms with Crippen LogP contribution in [0.2, 0.25) is 18.6 Å². The van der Waals surface area contributed by atoms with E-state index in [1.807, 2.05) is 0 Å². The number of hydrogen-bond donors (Lipinski definition) is 1. The monoisotopic (exact) mass is 159 g/mol. The number of hydrogen-bond acceptors (Lipinski definition) is 1. The molecule has 0 aliphatic rings. The van der Waals surface area contributed by atoms with E-state index >= 15 is 0 Å². The molecule has 2 heteroatoms. The van der Waals surface area contributed by atoms with Crippen molar-refractivity contribution in [3.8, 4) is 0 Å². The molecule has 0 rings (SSSR count). The number of nitrogens with two attached hydrogens (primary N) is 1. The van der Waals surface area contributed by atoms with E-state index in [1.165, 1.54) is 19.3 Å². The summed E-state index contributed by atoms with van der Waals surface area (Å²) in [4.78, 5) is 0. The molecule has 0 amide bonds. The third-order valence-corrected chi connectivity index (χ3v) is 4.98. The Labute approximate surface area is 66.1 Å². The Morgan fingerprint density at radius 2 is 1.80 bits per heavy atom. The standard InChI is InChI=1S/C8H21NSi/c1-5-7-8(6-2)10(3,4)9/h8H,5-7,9H2,1-4H3. The molecule has 62 valence electrons. The Morgan fingerprint density at radius 3 is 1.90 bits per heavy atom. The van der Waals surface area contributed by atoms with Crippen LogP contribution >= 0.6 is 0 Å². The van der Waals surface area contributed by atoms with E-state index in [-0.39, 0.29) is 0 Å². The summed E-state index contributed by atoms with van der Waals surface area (Å²) in [6.07, 6.45) is 3.88. The van der Waals surface area contributed by atoms with Gasteiger partial charge in [0.05, 0.1) is 0 Å². The molecule has 0 aliphatic carbocycles. The molecule has 0 radical (unpaired) electrons. The van der Waals surface area contributed by atoms with Crippen molar-refractivity contribution in [2.75, 3.05) is 0 Å². The zero-order valence-corrected chi connectivity index (χ0v) is 8.78. The second-order valence-corrected chi connectivity index (χ2v) is 8.17. The van der Waals surface area contributed by atoms with Gasteiger partial charge in [0.15, 0.2) is 0 Å². The quantitative estimate of drug-likeness (QED) is 0.627. The van der Waals surface area contributed by atoms with Crippen molar-refractivity contribution in [1.29, 1.82) is 0 Å². The molecule has 2 N–H and O–H groups in total. The topological polar surface area (TPSA) is 26.0 Å². The molecule has 0 spiro atoms. The van der Waals surface area contributed by atoms with Gasteiger partial charge in [0, 0.05) is 0 Å². The average molecular weight is 159 g/mol. The van der Waals surface area contributed by atoms with Crippen LogP contribution in [0.25, 0.3) is 0 Å². The molecule has 0 saturated heterocycles. The van der Waals surface area contributed by atoms with E-state index in [0.717, 1.165) is 5.54 Å². The Balaban J connectivity index is 3.81. The first kappa shape index (κ1) is 10.2. The van der Waals surface area contributed by atoms with Crippen LogP contribution in [0.5, 0.6) is 0 Å². The normalized spacial score (nSPS) is 15.3. The fraction of sp³-hybridized carbons (Fsp3) is 1.00. The maximum atomic E-state index is 6.12. The second kappa shape index (κ2) is 4.14. The van der Waals surface area contributed by atoms with Gasteiger partial charge in [-0.25, -0.2) is 0 Å². The number of rotatable bonds is 4. The van der Waals surface area contributed by atoms with E-state index in [0.29, 0.717) is 0 Å². The molecule has 0 aromatic heterocycles. The fourth-order valence-corrected chi connectivity index (χ4v) is 3.54. The van der Waals surface area contributed by atoms with Gasteiger partial charge in [-0.2, -0.15) is 0 Å². The minimum atomic E-state index is -1.31. The molecule has 0 aromatic rings. The van der Waals surface area contributed by atoms with Crippen LogP contribution in [0.1, 0.15) is 33.1 Å². The Morgan fingerprint density at radius 1 is 1.30 bits per heavy atom. The predicted octanol–water partition coefficient (Wildman–Crippen LogP) is 2.73. The summed E-state index contributed by atoms with van der Waals surface area (Å²) in [6, 6.07) is 0. The zero-order chi connectivity index (χ0) is 8.20. The largest absolute Gasteiger partial charge is 0.351 e. The Kier molecular flexibility index (Phi) is 4.21.